The molecule has 0 atom stereocenters. The molecule has 3 rings (SSSR count). The quantitative estimate of drug-likeness (QED) is 0.580. The normalized spacial score (nSPS) is 12.2. The van der Waals surface area contributed by atoms with Crippen molar-refractivity contribution in [3.63, 3.8) is 0 Å². The van der Waals surface area contributed by atoms with E-state index in [9.17, 15) is 13.2 Å². The summed E-state index contributed by atoms with van der Waals surface area (Å²) in [6, 6.07) is 11.7. The molecule has 0 aliphatic heterocycles. The molecule has 0 radical (unpaired) electrons. The summed E-state index contributed by atoms with van der Waals surface area (Å²) in [4.78, 5) is 17.4. The molecule has 0 saturated heterocycles. The number of hydrogen-bond acceptors (Lipinski definition) is 4. The molecule has 0 aliphatic rings. The van der Waals surface area contributed by atoms with Crippen molar-refractivity contribution >= 4 is 48.9 Å². The molecule has 0 saturated carbocycles. The number of sulfone groups is 1. The number of aromatic nitrogens is 1. The molecule has 5 nitrogen and oxygen atoms in total. The molecule has 0 unspecified atom stereocenters. The third-order valence-corrected chi connectivity index (χ3v) is 7.16. The number of amides is 1. The van der Waals surface area contributed by atoms with Gasteiger partial charge in [-0.3, -0.25) is 4.79 Å². The van der Waals surface area contributed by atoms with Gasteiger partial charge in [-0.2, -0.15) is 4.99 Å². The predicted molar refractivity (Wildman–Crippen MR) is 112 cm³/mol. The van der Waals surface area contributed by atoms with Crippen molar-refractivity contribution in [2.24, 2.45) is 4.99 Å². The van der Waals surface area contributed by atoms with Gasteiger partial charge in [-0.25, -0.2) is 8.42 Å². The topological polar surface area (TPSA) is 68.5 Å². The summed E-state index contributed by atoms with van der Waals surface area (Å²) < 4.78 is 26.4. The molecule has 0 fully saturated rings. The molecule has 0 aliphatic carbocycles. The minimum atomic E-state index is -3.26. The first-order valence-corrected chi connectivity index (χ1v) is 11.3. The van der Waals surface area contributed by atoms with Crippen molar-refractivity contribution in [1.82, 2.24) is 4.57 Å². The van der Waals surface area contributed by atoms with Crippen LogP contribution in [-0.4, -0.2) is 24.6 Å². The SMILES string of the molecule is C#CCn1c(=NC(=O)Cc2ccc(S(=O)(=O)CC)cc2)sc2cc(Cl)ccc21. The second kappa shape index (κ2) is 8.31. The number of hydrogen-bond donors (Lipinski definition) is 0. The lowest BCUT2D eigenvalue weighted by Crippen LogP contribution is -2.17. The second-order valence-electron chi connectivity index (χ2n) is 6.02. The first-order valence-electron chi connectivity index (χ1n) is 8.45. The van der Waals surface area contributed by atoms with Gasteiger partial charge in [-0.15, -0.1) is 6.42 Å². The maximum Gasteiger partial charge on any atom is 0.252 e. The van der Waals surface area contributed by atoms with Crippen molar-refractivity contribution in [2.75, 3.05) is 5.75 Å². The highest BCUT2D eigenvalue weighted by atomic mass is 35.5. The van der Waals surface area contributed by atoms with E-state index >= 15 is 0 Å². The average molecular weight is 433 g/mol. The largest absolute Gasteiger partial charge is 0.305 e. The van der Waals surface area contributed by atoms with Gasteiger partial charge in [0.2, 0.25) is 0 Å². The van der Waals surface area contributed by atoms with E-state index in [0.717, 1.165) is 10.2 Å². The van der Waals surface area contributed by atoms with Gasteiger partial charge in [0.05, 0.1) is 33.8 Å². The van der Waals surface area contributed by atoms with Crippen LogP contribution < -0.4 is 4.80 Å². The highest BCUT2D eigenvalue weighted by Crippen LogP contribution is 2.22. The smallest absolute Gasteiger partial charge is 0.252 e. The summed E-state index contributed by atoms with van der Waals surface area (Å²) in [5, 5.41) is 0.599. The van der Waals surface area contributed by atoms with Crippen molar-refractivity contribution in [3.05, 3.63) is 57.9 Å². The number of fused-ring (bicyclic) bond motifs is 1. The van der Waals surface area contributed by atoms with Crippen molar-refractivity contribution < 1.29 is 13.2 Å². The van der Waals surface area contributed by atoms with Crippen LogP contribution in [0.2, 0.25) is 5.02 Å². The highest BCUT2D eigenvalue weighted by molar-refractivity contribution is 7.91. The summed E-state index contributed by atoms with van der Waals surface area (Å²) in [5.74, 6) is 2.27. The molecule has 0 N–H and O–H groups in total. The van der Waals surface area contributed by atoms with Gasteiger partial charge < -0.3 is 4.57 Å². The number of carbonyl (C=O) groups is 1. The molecule has 1 heterocycles. The fraction of sp³-hybridized carbons (Fsp3) is 0.200. The fourth-order valence-corrected chi connectivity index (χ4v) is 4.89. The summed E-state index contributed by atoms with van der Waals surface area (Å²) in [5.41, 5.74) is 1.56. The van der Waals surface area contributed by atoms with Crippen LogP contribution in [0.25, 0.3) is 10.2 Å². The summed E-state index contributed by atoms with van der Waals surface area (Å²) in [6.07, 6.45) is 5.52. The predicted octanol–water partition coefficient (Wildman–Crippen LogP) is 3.45. The zero-order valence-electron chi connectivity index (χ0n) is 15.1. The lowest BCUT2D eigenvalue weighted by Gasteiger charge is -2.03. The molecule has 0 bridgehead atoms. The minimum absolute atomic E-state index is 0.0335. The van der Waals surface area contributed by atoms with Gasteiger partial charge in [0, 0.05) is 5.02 Å². The highest BCUT2D eigenvalue weighted by Gasteiger charge is 2.12. The Labute approximate surface area is 172 Å². The Kier molecular flexibility index (Phi) is 6.04. The van der Waals surface area contributed by atoms with Crippen LogP contribution in [0.3, 0.4) is 0 Å². The Morgan fingerprint density at radius 3 is 2.61 bits per heavy atom. The van der Waals surface area contributed by atoms with Gasteiger partial charge in [0.1, 0.15) is 0 Å². The molecule has 0 spiro atoms. The van der Waals surface area contributed by atoms with Crippen LogP contribution in [0.1, 0.15) is 12.5 Å². The number of thiazole rings is 1. The number of nitrogens with zero attached hydrogens (tertiary/aromatic N) is 2. The molecule has 3 aromatic rings. The fourth-order valence-electron chi connectivity index (χ4n) is 2.68. The summed E-state index contributed by atoms with van der Waals surface area (Å²) in [7, 11) is -3.26. The van der Waals surface area contributed by atoms with Crippen molar-refractivity contribution in [3.8, 4) is 12.3 Å². The molecular formula is C20H17ClN2O3S2. The first kappa shape index (κ1) is 20.3. The standard InChI is InChI=1S/C20H17ClN2O3S2/c1-3-11-23-17-10-7-15(21)13-18(17)27-20(23)22-19(24)12-14-5-8-16(9-6-14)28(25,26)4-2/h1,5-10,13H,4,11-12H2,2H3. The Morgan fingerprint density at radius 1 is 1.25 bits per heavy atom. The summed E-state index contributed by atoms with van der Waals surface area (Å²) >= 11 is 7.38. The maximum atomic E-state index is 12.5. The maximum absolute atomic E-state index is 12.5. The number of carbonyl (C=O) groups excluding carboxylic acids is 1. The van der Waals surface area contributed by atoms with Crippen LogP contribution >= 0.6 is 22.9 Å². The lowest BCUT2D eigenvalue weighted by molar-refractivity contribution is -0.117. The molecule has 2 aromatic carbocycles. The molecular weight excluding hydrogens is 416 g/mol. The van der Waals surface area contributed by atoms with Crippen molar-refractivity contribution in [1.29, 1.82) is 0 Å². The Hall–Kier alpha value is -2.40. The number of rotatable bonds is 5. The van der Waals surface area contributed by atoms with Gasteiger partial charge >= 0.3 is 0 Å². The number of benzene rings is 2. The molecule has 1 aromatic heterocycles. The lowest BCUT2D eigenvalue weighted by atomic mass is 10.1. The van der Waals surface area contributed by atoms with Gasteiger partial charge in [0.25, 0.3) is 5.91 Å². The van der Waals surface area contributed by atoms with E-state index in [-0.39, 0.29) is 29.5 Å². The number of halogens is 1. The van der Waals surface area contributed by atoms with E-state index in [1.54, 1.807) is 29.7 Å². The van der Waals surface area contributed by atoms with Crippen LogP contribution in [0, 0.1) is 12.3 Å². The Balaban J connectivity index is 1.91. The molecule has 1 amide bonds. The second-order valence-corrected chi connectivity index (χ2v) is 9.74. The Bertz CT molecular complexity index is 1250. The van der Waals surface area contributed by atoms with Gasteiger partial charge in [-0.05, 0) is 35.9 Å². The number of terminal acetylenes is 1. The van der Waals surface area contributed by atoms with E-state index < -0.39 is 9.84 Å². The zero-order valence-corrected chi connectivity index (χ0v) is 17.4. The van der Waals surface area contributed by atoms with Gasteiger partial charge in [0.15, 0.2) is 14.6 Å². The monoisotopic (exact) mass is 432 g/mol. The van der Waals surface area contributed by atoms with Crippen LogP contribution in [0.15, 0.2) is 52.4 Å². The first-order chi connectivity index (χ1) is 13.3. The van der Waals surface area contributed by atoms with E-state index in [1.165, 1.54) is 23.5 Å². The third-order valence-electron chi connectivity index (χ3n) is 4.13. The summed E-state index contributed by atoms with van der Waals surface area (Å²) in [6.45, 7) is 1.88. The molecule has 144 valence electrons. The van der Waals surface area contributed by atoms with E-state index in [1.807, 2.05) is 12.1 Å². The van der Waals surface area contributed by atoms with Crippen LogP contribution in [0.4, 0.5) is 0 Å². The van der Waals surface area contributed by atoms with Crippen molar-refractivity contribution in [2.45, 2.75) is 24.8 Å². The third kappa shape index (κ3) is 4.36. The van der Waals surface area contributed by atoms with Crippen LogP contribution in [0.5, 0.6) is 0 Å². The van der Waals surface area contributed by atoms with Gasteiger partial charge in [-0.1, -0.05) is 47.9 Å². The van der Waals surface area contributed by atoms with E-state index in [2.05, 4.69) is 10.9 Å². The van der Waals surface area contributed by atoms with E-state index in [4.69, 9.17) is 18.0 Å². The molecule has 8 heteroatoms. The minimum Gasteiger partial charge on any atom is -0.305 e. The van der Waals surface area contributed by atoms with E-state index in [0.29, 0.717) is 15.4 Å². The average Bonchev–Trinajstić information content (AvgIpc) is 2.98. The zero-order chi connectivity index (χ0) is 20.3. The molecule has 28 heavy (non-hydrogen) atoms. The Morgan fingerprint density at radius 2 is 1.96 bits per heavy atom. The van der Waals surface area contributed by atoms with Crippen LogP contribution in [-0.2, 0) is 27.6 Å².